The average Bonchev–Trinajstić information content (AvgIpc) is 2.84. The highest BCUT2D eigenvalue weighted by Crippen LogP contribution is 2.32. The molecule has 0 spiro atoms. The number of nitrogens with one attached hydrogen (secondary N) is 1. The van der Waals surface area contributed by atoms with Gasteiger partial charge in [-0.2, -0.15) is 0 Å². The first-order chi connectivity index (χ1) is 12.5. The Morgan fingerprint density at radius 1 is 1.12 bits per heavy atom. The molecule has 1 aliphatic heterocycles. The number of hydrogen-bond donors (Lipinski definition) is 2. The number of carbonyl (C=O) groups is 2. The quantitative estimate of drug-likeness (QED) is 0.835. The van der Waals surface area contributed by atoms with E-state index in [1.807, 2.05) is 0 Å². The molecule has 8 heteroatoms. The zero-order valence-corrected chi connectivity index (χ0v) is 14.5. The number of nitrogens with two attached hydrogens (primary N) is 1. The monoisotopic (exact) mass is 376 g/mol. The molecule has 0 atom stereocenters. The molecular formula is C18H17ClN2O5. The number of rotatable bonds is 5. The summed E-state index contributed by atoms with van der Waals surface area (Å²) in [5.74, 6) is 0.294. The second-order valence-corrected chi connectivity index (χ2v) is 5.99. The van der Waals surface area contributed by atoms with Crippen LogP contribution >= 0.6 is 11.6 Å². The molecule has 0 aliphatic carbocycles. The van der Waals surface area contributed by atoms with Crippen LogP contribution in [0.1, 0.15) is 16.8 Å². The number of carbonyl (C=O) groups excluding carboxylic acids is 2. The van der Waals surface area contributed by atoms with Gasteiger partial charge in [-0.15, -0.1) is 0 Å². The Hall–Kier alpha value is -2.93. The third-order valence-electron chi connectivity index (χ3n) is 3.60. The van der Waals surface area contributed by atoms with E-state index in [4.69, 9.17) is 31.5 Å². The lowest BCUT2D eigenvalue weighted by molar-refractivity contribution is -0.118. The fourth-order valence-corrected chi connectivity index (χ4v) is 2.56. The molecule has 0 bridgehead atoms. The van der Waals surface area contributed by atoms with Crippen LogP contribution in [0.4, 0.5) is 5.69 Å². The third kappa shape index (κ3) is 4.37. The summed E-state index contributed by atoms with van der Waals surface area (Å²) < 4.78 is 16.5. The van der Waals surface area contributed by atoms with Gasteiger partial charge in [0.2, 0.25) is 0 Å². The van der Waals surface area contributed by atoms with E-state index >= 15 is 0 Å². The minimum atomic E-state index is -0.667. The van der Waals surface area contributed by atoms with Gasteiger partial charge >= 0.3 is 0 Å². The standard InChI is InChI=1S/C18H17ClN2O5/c19-11-2-4-13(18(20)23)15(8-11)26-10-17(22)21-12-3-5-14-16(9-12)25-7-1-6-24-14/h2-5,8-9H,1,6-7,10H2,(H2,20,23)(H,21,22). The topological polar surface area (TPSA) is 99.9 Å². The number of benzene rings is 2. The van der Waals surface area contributed by atoms with Crippen molar-refractivity contribution in [3.05, 3.63) is 47.0 Å². The molecule has 136 valence electrons. The van der Waals surface area contributed by atoms with Crippen LogP contribution in [0.3, 0.4) is 0 Å². The first-order valence-corrected chi connectivity index (χ1v) is 8.32. The van der Waals surface area contributed by atoms with Crippen LogP contribution in [0.2, 0.25) is 5.02 Å². The summed E-state index contributed by atoms with van der Waals surface area (Å²) in [4.78, 5) is 23.5. The van der Waals surface area contributed by atoms with E-state index in [-0.39, 0.29) is 17.9 Å². The summed E-state index contributed by atoms with van der Waals surface area (Å²) in [6.45, 7) is 0.835. The van der Waals surface area contributed by atoms with E-state index in [0.29, 0.717) is 35.4 Å². The number of hydrogen-bond acceptors (Lipinski definition) is 5. The maximum absolute atomic E-state index is 12.1. The maximum atomic E-state index is 12.1. The molecule has 1 aliphatic rings. The highest BCUT2D eigenvalue weighted by molar-refractivity contribution is 6.30. The van der Waals surface area contributed by atoms with Crippen molar-refractivity contribution in [1.29, 1.82) is 0 Å². The van der Waals surface area contributed by atoms with Crippen molar-refractivity contribution < 1.29 is 23.8 Å². The predicted molar refractivity (Wildman–Crippen MR) is 96.1 cm³/mol. The molecule has 0 saturated heterocycles. The summed E-state index contributed by atoms with van der Waals surface area (Å²) in [5, 5.41) is 3.07. The van der Waals surface area contributed by atoms with Crippen LogP contribution in [0.25, 0.3) is 0 Å². The Balaban J connectivity index is 1.64. The van der Waals surface area contributed by atoms with Gasteiger partial charge in [0.25, 0.3) is 11.8 Å². The van der Waals surface area contributed by atoms with Gasteiger partial charge in [0.15, 0.2) is 18.1 Å². The molecular weight excluding hydrogens is 360 g/mol. The molecule has 0 aromatic heterocycles. The zero-order valence-electron chi connectivity index (χ0n) is 13.8. The van der Waals surface area contributed by atoms with E-state index < -0.39 is 11.8 Å². The van der Waals surface area contributed by atoms with Gasteiger partial charge in [0.05, 0.1) is 18.8 Å². The lowest BCUT2D eigenvalue weighted by atomic mass is 10.2. The Labute approximate surface area is 155 Å². The normalized spacial score (nSPS) is 12.8. The molecule has 2 aromatic carbocycles. The number of ether oxygens (including phenoxy) is 3. The Morgan fingerprint density at radius 3 is 2.65 bits per heavy atom. The molecule has 3 rings (SSSR count). The fraction of sp³-hybridized carbons (Fsp3) is 0.222. The number of anilines is 1. The van der Waals surface area contributed by atoms with Gasteiger partial charge in [0.1, 0.15) is 5.75 Å². The van der Waals surface area contributed by atoms with Crippen LogP contribution in [0.5, 0.6) is 17.2 Å². The Morgan fingerprint density at radius 2 is 1.88 bits per heavy atom. The van der Waals surface area contributed by atoms with Crippen molar-refractivity contribution in [1.82, 2.24) is 0 Å². The lowest BCUT2D eigenvalue weighted by Crippen LogP contribution is -2.21. The molecule has 2 aromatic rings. The summed E-state index contributed by atoms with van der Waals surface area (Å²) in [6, 6.07) is 9.53. The van der Waals surface area contributed by atoms with Crippen LogP contribution in [0.15, 0.2) is 36.4 Å². The molecule has 3 N–H and O–H groups in total. The maximum Gasteiger partial charge on any atom is 0.262 e. The van der Waals surface area contributed by atoms with Crippen molar-refractivity contribution in [2.45, 2.75) is 6.42 Å². The van der Waals surface area contributed by atoms with Gasteiger partial charge in [-0.25, -0.2) is 0 Å². The minimum Gasteiger partial charge on any atom is -0.490 e. The van der Waals surface area contributed by atoms with Crippen LogP contribution in [-0.2, 0) is 4.79 Å². The zero-order chi connectivity index (χ0) is 18.5. The van der Waals surface area contributed by atoms with Gasteiger partial charge in [-0.05, 0) is 30.3 Å². The summed E-state index contributed by atoms with van der Waals surface area (Å²) in [7, 11) is 0. The number of amides is 2. The molecule has 7 nitrogen and oxygen atoms in total. The van der Waals surface area contributed by atoms with Crippen molar-refractivity contribution in [3.8, 4) is 17.2 Å². The SMILES string of the molecule is NC(=O)c1ccc(Cl)cc1OCC(=O)Nc1ccc2c(c1)OCCCO2. The van der Waals surface area contributed by atoms with E-state index in [0.717, 1.165) is 6.42 Å². The molecule has 0 radical (unpaired) electrons. The second kappa shape index (κ2) is 7.97. The van der Waals surface area contributed by atoms with Crippen molar-refractivity contribution in [2.24, 2.45) is 5.73 Å². The van der Waals surface area contributed by atoms with Crippen molar-refractivity contribution >= 4 is 29.1 Å². The lowest BCUT2D eigenvalue weighted by Gasteiger charge is -2.12. The molecule has 0 unspecified atom stereocenters. The molecule has 2 amide bonds. The average molecular weight is 377 g/mol. The molecule has 1 heterocycles. The third-order valence-corrected chi connectivity index (χ3v) is 3.83. The minimum absolute atomic E-state index is 0.151. The number of primary amides is 1. The first-order valence-electron chi connectivity index (χ1n) is 7.94. The smallest absolute Gasteiger partial charge is 0.262 e. The summed E-state index contributed by atoms with van der Waals surface area (Å²) >= 11 is 5.89. The second-order valence-electron chi connectivity index (χ2n) is 5.55. The van der Waals surface area contributed by atoms with Gasteiger partial charge in [-0.3, -0.25) is 9.59 Å². The van der Waals surface area contributed by atoms with Crippen LogP contribution in [0, 0.1) is 0 Å². The summed E-state index contributed by atoms with van der Waals surface area (Å²) in [6.07, 6.45) is 0.798. The molecule has 0 fully saturated rings. The van der Waals surface area contributed by atoms with Crippen LogP contribution < -0.4 is 25.3 Å². The van der Waals surface area contributed by atoms with Crippen LogP contribution in [-0.4, -0.2) is 31.6 Å². The number of halogens is 1. The highest BCUT2D eigenvalue weighted by Gasteiger charge is 2.14. The first kappa shape index (κ1) is 17.9. The predicted octanol–water partition coefficient (Wildman–Crippen LogP) is 2.62. The van der Waals surface area contributed by atoms with E-state index in [9.17, 15) is 9.59 Å². The highest BCUT2D eigenvalue weighted by atomic mass is 35.5. The number of fused-ring (bicyclic) bond motifs is 1. The van der Waals surface area contributed by atoms with E-state index in [2.05, 4.69) is 5.32 Å². The molecule has 26 heavy (non-hydrogen) atoms. The summed E-state index contributed by atoms with van der Waals surface area (Å²) in [5.41, 5.74) is 5.98. The Kier molecular flexibility index (Phi) is 5.48. The van der Waals surface area contributed by atoms with E-state index in [1.54, 1.807) is 18.2 Å². The van der Waals surface area contributed by atoms with Crippen molar-refractivity contribution in [2.75, 3.05) is 25.1 Å². The Bertz CT molecular complexity index is 840. The van der Waals surface area contributed by atoms with Gasteiger partial charge in [0, 0.05) is 23.2 Å². The fourth-order valence-electron chi connectivity index (χ4n) is 2.40. The van der Waals surface area contributed by atoms with Crippen molar-refractivity contribution in [3.63, 3.8) is 0 Å². The largest absolute Gasteiger partial charge is 0.490 e. The van der Waals surface area contributed by atoms with Gasteiger partial charge < -0.3 is 25.3 Å². The van der Waals surface area contributed by atoms with E-state index in [1.165, 1.54) is 18.2 Å². The van der Waals surface area contributed by atoms with Gasteiger partial charge in [-0.1, -0.05) is 11.6 Å². The molecule has 0 saturated carbocycles.